The van der Waals surface area contributed by atoms with Gasteiger partial charge < -0.3 is 10.1 Å². The molecule has 1 aliphatic rings. The van der Waals surface area contributed by atoms with Gasteiger partial charge in [-0.1, -0.05) is 13.0 Å². The zero-order valence-electron chi connectivity index (χ0n) is 13.7. The zero-order valence-corrected chi connectivity index (χ0v) is 14.5. The van der Waals surface area contributed by atoms with Crippen molar-refractivity contribution >= 4 is 21.6 Å². The van der Waals surface area contributed by atoms with Crippen LogP contribution in [0.3, 0.4) is 0 Å². The average molecular weight is 346 g/mol. The second-order valence-corrected chi connectivity index (χ2v) is 7.68. The number of aryl methyl sites for hydroxylation is 1. The lowest BCUT2D eigenvalue weighted by Crippen LogP contribution is -2.26. The number of benzene rings is 2. The van der Waals surface area contributed by atoms with E-state index in [-0.39, 0.29) is 10.5 Å². The molecule has 1 N–H and O–H groups in total. The molecule has 0 radical (unpaired) electrons. The molecule has 3 rings (SSSR count). The summed E-state index contributed by atoms with van der Waals surface area (Å²) in [7, 11) is -2.14. The van der Waals surface area contributed by atoms with Crippen molar-refractivity contribution in [2.75, 3.05) is 18.9 Å². The number of ether oxygens (including phenoxy) is 1. The summed E-state index contributed by atoms with van der Waals surface area (Å²) in [5, 5.41) is 2.76. The lowest BCUT2D eigenvalue weighted by Gasteiger charge is -2.16. The van der Waals surface area contributed by atoms with Crippen LogP contribution in [0.25, 0.3) is 0 Å². The van der Waals surface area contributed by atoms with Gasteiger partial charge in [0.15, 0.2) is 5.75 Å². The van der Waals surface area contributed by atoms with Crippen molar-refractivity contribution in [3.63, 3.8) is 0 Å². The number of carbonyl (C=O) groups is 1. The van der Waals surface area contributed by atoms with Crippen molar-refractivity contribution in [1.82, 2.24) is 4.31 Å². The van der Waals surface area contributed by atoms with E-state index in [9.17, 15) is 13.2 Å². The smallest absolute Gasteiger partial charge is 0.259 e. The first kappa shape index (κ1) is 16.5. The molecule has 0 unspecified atom stereocenters. The van der Waals surface area contributed by atoms with E-state index in [4.69, 9.17) is 4.74 Å². The molecule has 126 valence electrons. The predicted molar refractivity (Wildman–Crippen MR) is 91.1 cm³/mol. The molecule has 0 aliphatic carbocycles. The van der Waals surface area contributed by atoms with E-state index in [0.717, 1.165) is 5.56 Å². The van der Waals surface area contributed by atoms with Crippen LogP contribution in [0.1, 0.15) is 22.8 Å². The molecule has 7 heteroatoms. The fraction of sp³-hybridized carbons (Fsp3) is 0.235. The van der Waals surface area contributed by atoms with Crippen LogP contribution in [0.5, 0.6) is 11.5 Å². The summed E-state index contributed by atoms with van der Waals surface area (Å²) in [5.74, 6) is 0.460. The molecule has 2 aromatic rings. The summed E-state index contributed by atoms with van der Waals surface area (Å²) in [4.78, 5) is 12.5. The maximum Gasteiger partial charge on any atom is 0.259 e. The fourth-order valence-electron chi connectivity index (χ4n) is 2.41. The Hall–Kier alpha value is -2.38. The number of anilines is 1. The minimum atomic E-state index is -3.63. The van der Waals surface area contributed by atoms with Gasteiger partial charge in [-0.05, 0) is 42.8 Å². The van der Waals surface area contributed by atoms with E-state index in [2.05, 4.69) is 5.32 Å². The van der Waals surface area contributed by atoms with Crippen LogP contribution in [-0.4, -0.2) is 32.2 Å². The Morgan fingerprint density at radius 3 is 2.58 bits per heavy atom. The number of rotatable bonds is 3. The maximum absolute atomic E-state index is 12.5. The van der Waals surface area contributed by atoms with Gasteiger partial charge in [-0.2, -0.15) is 0 Å². The van der Waals surface area contributed by atoms with Crippen LogP contribution >= 0.6 is 0 Å². The Bertz CT molecular complexity index is 922. The summed E-state index contributed by atoms with van der Waals surface area (Å²) in [5.41, 5.74) is 1.74. The van der Waals surface area contributed by atoms with Gasteiger partial charge in [0.05, 0.1) is 16.1 Å². The molecule has 0 aromatic heterocycles. The van der Waals surface area contributed by atoms with Crippen molar-refractivity contribution in [2.24, 2.45) is 0 Å². The molecule has 0 atom stereocenters. The second-order valence-electron chi connectivity index (χ2n) is 5.63. The lowest BCUT2D eigenvalue weighted by molar-refractivity contribution is 0.102. The van der Waals surface area contributed by atoms with Gasteiger partial charge in [-0.15, -0.1) is 0 Å². The standard InChI is InChI=1S/C17H18N2O4S/c1-4-19(3)24(21,22)12-6-8-15-13(10-12)17(20)18-14-7-5-11(2)9-16(14)23-15/h5-10H,4H2,1-3H3,(H,18,20). The van der Waals surface area contributed by atoms with Crippen LogP contribution in [-0.2, 0) is 10.0 Å². The van der Waals surface area contributed by atoms with Gasteiger partial charge in [0.1, 0.15) is 5.75 Å². The van der Waals surface area contributed by atoms with Gasteiger partial charge in [0, 0.05) is 13.6 Å². The summed E-state index contributed by atoms with van der Waals surface area (Å²) in [6, 6.07) is 9.77. The minimum Gasteiger partial charge on any atom is -0.454 e. The number of fused-ring (bicyclic) bond motifs is 2. The highest BCUT2D eigenvalue weighted by molar-refractivity contribution is 7.89. The lowest BCUT2D eigenvalue weighted by atomic mass is 10.2. The summed E-state index contributed by atoms with van der Waals surface area (Å²) in [6.45, 7) is 4.01. The van der Waals surface area contributed by atoms with Crippen molar-refractivity contribution < 1.29 is 17.9 Å². The predicted octanol–water partition coefficient (Wildman–Crippen LogP) is 2.99. The molecule has 0 saturated carbocycles. The first-order valence-corrected chi connectivity index (χ1v) is 8.97. The summed E-state index contributed by atoms with van der Waals surface area (Å²) in [6.07, 6.45) is 0. The number of nitrogens with zero attached hydrogens (tertiary/aromatic N) is 1. The Balaban J connectivity index is 2.09. The normalized spacial score (nSPS) is 13.6. The molecule has 24 heavy (non-hydrogen) atoms. The van der Waals surface area contributed by atoms with Crippen LogP contribution in [0.4, 0.5) is 5.69 Å². The third kappa shape index (κ3) is 2.76. The third-order valence-corrected chi connectivity index (χ3v) is 5.88. The van der Waals surface area contributed by atoms with E-state index in [1.807, 2.05) is 19.1 Å². The molecule has 1 aliphatic heterocycles. The summed E-state index contributed by atoms with van der Waals surface area (Å²) < 4.78 is 32.0. The highest BCUT2D eigenvalue weighted by Crippen LogP contribution is 2.37. The van der Waals surface area contributed by atoms with Gasteiger partial charge in [-0.25, -0.2) is 12.7 Å². The molecule has 2 aromatic carbocycles. The second kappa shape index (κ2) is 5.92. The minimum absolute atomic E-state index is 0.0616. The average Bonchev–Trinajstić information content (AvgIpc) is 2.69. The van der Waals surface area contributed by atoms with E-state index in [1.54, 1.807) is 13.0 Å². The van der Waals surface area contributed by atoms with E-state index < -0.39 is 15.9 Å². The van der Waals surface area contributed by atoms with E-state index in [0.29, 0.717) is 23.7 Å². The van der Waals surface area contributed by atoms with E-state index in [1.165, 1.54) is 29.6 Å². The van der Waals surface area contributed by atoms with Crippen LogP contribution in [0, 0.1) is 6.92 Å². The van der Waals surface area contributed by atoms with Gasteiger partial charge in [0.25, 0.3) is 5.91 Å². The quantitative estimate of drug-likeness (QED) is 0.927. The molecular weight excluding hydrogens is 328 g/mol. The van der Waals surface area contributed by atoms with Gasteiger partial charge >= 0.3 is 0 Å². The number of amides is 1. The van der Waals surface area contributed by atoms with Gasteiger partial charge in [-0.3, -0.25) is 4.79 Å². The first-order chi connectivity index (χ1) is 11.3. The van der Waals surface area contributed by atoms with Crippen molar-refractivity contribution in [1.29, 1.82) is 0 Å². The van der Waals surface area contributed by atoms with Crippen molar-refractivity contribution in [3.05, 3.63) is 47.5 Å². The van der Waals surface area contributed by atoms with Gasteiger partial charge in [0.2, 0.25) is 10.0 Å². The molecular formula is C17H18N2O4S. The van der Waals surface area contributed by atoms with Crippen molar-refractivity contribution in [2.45, 2.75) is 18.7 Å². The Labute approximate surface area is 141 Å². The number of hydrogen-bond acceptors (Lipinski definition) is 4. The number of nitrogens with one attached hydrogen (secondary N) is 1. The maximum atomic E-state index is 12.5. The van der Waals surface area contributed by atoms with Crippen LogP contribution < -0.4 is 10.1 Å². The largest absolute Gasteiger partial charge is 0.454 e. The SMILES string of the molecule is CCN(C)S(=O)(=O)c1ccc2c(c1)C(=O)Nc1ccc(C)cc1O2. The molecule has 6 nitrogen and oxygen atoms in total. The van der Waals surface area contributed by atoms with E-state index >= 15 is 0 Å². The number of hydrogen-bond donors (Lipinski definition) is 1. The zero-order chi connectivity index (χ0) is 17.5. The number of carbonyl (C=O) groups excluding carboxylic acids is 1. The molecule has 0 saturated heterocycles. The number of sulfonamides is 1. The third-order valence-electron chi connectivity index (χ3n) is 3.95. The highest BCUT2D eigenvalue weighted by atomic mass is 32.2. The summed E-state index contributed by atoms with van der Waals surface area (Å²) >= 11 is 0. The molecule has 1 amide bonds. The molecule has 0 bridgehead atoms. The molecule has 0 spiro atoms. The Kier molecular flexibility index (Phi) is 4.06. The monoisotopic (exact) mass is 346 g/mol. The molecule has 0 fully saturated rings. The first-order valence-electron chi connectivity index (χ1n) is 7.53. The Morgan fingerprint density at radius 1 is 1.12 bits per heavy atom. The highest BCUT2D eigenvalue weighted by Gasteiger charge is 2.25. The van der Waals surface area contributed by atoms with Crippen molar-refractivity contribution in [3.8, 4) is 11.5 Å². The van der Waals surface area contributed by atoms with Crippen LogP contribution in [0.2, 0.25) is 0 Å². The topological polar surface area (TPSA) is 75.7 Å². The van der Waals surface area contributed by atoms with Crippen LogP contribution in [0.15, 0.2) is 41.3 Å². The Morgan fingerprint density at radius 2 is 1.88 bits per heavy atom. The fourth-order valence-corrected chi connectivity index (χ4v) is 3.62. The molecule has 1 heterocycles.